The second-order valence-electron chi connectivity index (χ2n) is 6.98. The number of carbonyl (C=O) groups excluding carboxylic acids is 2. The van der Waals surface area contributed by atoms with E-state index in [1.807, 2.05) is 36.4 Å². The normalized spacial score (nSPS) is 16.0. The Kier molecular flexibility index (Phi) is 5.80. The van der Waals surface area contributed by atoms with Crippen molar-refractivity contribution in [2.45, 2.75) is 13.0 Å². The van der Waals surface area contributed by atoms with Crippen LogP contribution in [0.15, 0.2) is 59.3 Å². The fraction of sp³-hybridized carbons (Fsp3) is 0.238. The highest BCUT2D eigenvalue weighted by Crippen LogP contribution is 2.27. The zero-order chi connectivity index (χ0) is 21.1. The molecule has 1 saturated heterocycles. The lowest BCUT2D eigenvalue weighted by Crippen LogP contribution is -2.28. The first-order chi connectivity index (χ1) is 14.5. The summed E-state index contributed by atoms with van der Waals surface area (Å²) in [5.41, 5.74) is 1.81. The van der Waals surface area contributed by atoms with Crippen molar-refractivity contribution in [1.82, 2.24) is 14.8 Å². The van der Waals surface area contributed by atoms with Gasteiger partial charge >= 0.3 is 0 Å². The van der Waals surface area contributed by atoms with Crippen molar-refractivity contribution in [3.05, 3.63) is 64.9 Å². The smallest absolute Gasteiger partial charge is 0.248 e. The summed E-state index contributed by atoms with van der Waals surface area (Å²) in [4.78, 5) is 30.8. The molecule has 154 valence electrons. The van der Waals surface area contributed by atoms with E-state index >= 15 is 0 Å². The van der Waals surface area contributed by atoms with Crippen molar-refractivity contribution in [2.24, 2.45) is 5.92 Å². The van der Waals surface area contributed by atoms with Crippen LogP contribution in [0.25, 0.3) is 0 Å². The third-order valence-corrected chi connectivity index (χ3v) is 5.44. The quantitative estimate of drug-likeness (QED) is 0.598. The second kappa shape index (κ2) is 8.66. The summed E-state index contributed by atoms with van der Waals surface area (Å²) in [5.74, 6) is 0.129. The molecule has 1 atom stereocenters. The number of hydrogen-bond acceptors (Lipinski definition) is 5. The van der Waals surface area contributed by atoms with Gasteiger partial charge in [-0.25, -0.2) is 9.67 Å². The molecule has 9 heteroatoms. The van der Waals surface area contributed by atoms with Crippen LogP contribution in [-0.2, 0) is 16.1 Å². The average Bonchev–Trinajstić information content (AvgIpc) is 3.36. The Balaban J connectivity index is 1.36. The molecule has 2 amide bonds. The van der Waals surface area contributed by atoms with E-state index in [4.69, 9.17) is 4.74 Å². The largest absolute Gasteiger partial charge is 0.497 e. The van der Waals surface area contributed by atoms with Crippen LogP contribution < -0.4 is 15.0 Å². The van der Waals surface area contributed by atoms with E-state index in [1.165, 1.54) is 0 Å². The monoisotopic (exact) mass is 469 g/mol. The van der Waals surface area contributed by atoms with E-state index in [0.717, 1.165) is 15.7 Å². The number of benzene rings is 2. The maximum absolute atomic E-state index is 12.6. The second-order valence-corrected chi connectivity index (χ2v) is 7.90. The van der Waals surface area contributed by atoms with Crippen molar-refractivity contribution in [3.63, 3.8) is 0 Å². The Hall–Kier alpha value is -3.20. The molecule has 0 radical (unpaired) electrons. The third-order valence-electron chi connectivity index (χ3n) is 4.91. The van der Waals surface area contributed by atoms with Crippen molar-refractivity contribution < 1.29 is 14.3 Å². The highest BCUT2D eigenvalue weighted by Gasteiger charge is 2.35. The Labute approximate surface area is 182 Å². The molecule has 2 aromatic carbocycles. The number of anilines is 2. The predicted octanol–water partition coefficient (Wildman–Crippen LogP) is 3.09. The number of halogens is 1. The van der Waals surface area contributed by atoms with Gasteiger partial charge in [0.2, 0.25) is 17.8 Å². The summed E-state index contributed by atoms with van der Waals surface area (Å²) < 4.78 is 7.81. The molecular weight excluding hydrogens is 450 g/mol. The van der Waals surface area contributed by atoms with Gasteiger partial charge in [-0.1, -0.05) is 28.1 Å². The summed E-state index contributed by atoms with van der Waals surface area (Å²) in [6.07, 6.45) is 1.72. The lowest BCUT2D eigenvalue weighted by molar-refractivity contribution is -0.122. The van der Waals surface area contributed by atoms with E-state index < -0.39 is 5.92 Å². The fourth-order valence-electron chi connectivity index (χ4n) is 3.31. The first-order valence-electron chi connectivity index (χ1n) is 9.41. The predicted molar refractivity (Wildman–Crippen MR) is 115 cm³/mol. The van der Waals surface area contributed by atoms with Gasteiger partial charge in [-0.15, -0.1) is 5.10 Å². The summed E-state index contributed by atoms with van der Waals surface area (Å²) in [7, 11) is 1.59. The zero-order valence-electron chi connectivity index (χ0n) is 16.3. The minimum atomic E-state index is -0.460. The number of carbonyl (C=O) groups is 2. The molecule has 3 aromatic rings. The first-order valence-corrected chi connectivity index (χ1v) is 10.2. The highest BCUT2D eigenvalue weighted by atomic mass is 79.9. The van der Waals surface area contributed by atoms with E-state index in [-0.39, 0.29) is 24.2 Å². The Morgan fingerprint density at radius 1 is 1.20 bits per heavy atom. The number of nitrogens with one attached hydrogen (secondary N) is 1. The summed E-state index contributed by atoms with van der Waals surface area (Å²) in [5, 5.41) is 7.03. The Morgan fingerprint density at radius 3 is 2.63 bits per heavy atom. The molecule has 30 heavy (non-hydrogen) atoms. The van der Waals surface area contributed by atoms with Gasteiger partial charge in [-0.05, 0) is 42.0 Å². The van der Waals surface area contributed by atoms with E-state index in [2.05, 4.69) is 31.3 Å². The zero-order valence-corrected chi connectivity index (χ0v) is 17.9. The molecular formula is C21H20BrN5O3. The van der Waals surface area contributed by atoms with Crippen molar-refractivity contribution in [1.29, 1.82) is 0 Å². The molecule has 2 heterocycles. The minimum absolute atomic E-state index is 0.0888. The molecule has 0 aliphatic carbocycles. The Morgan fingerprint density at radius 2 is 1.93 bits per heavy atom. The summed E-state index contributed by atoms with van der Waals surface area (Å²) >= 11 is 3.41. The third kappa shape index (κ3) is 4.51. The van der Waals surface area contributed by atoms with Gasteiger partial charge < -0.3 is 9.64 Å². The van der Waals surface area contributed by atoms with Crippen LogP contribution in [0.1, 0.15) is 12.0 Å². The SMILES string of the molecule is COc1ccc(N2CC(C(=O)Nc3ncn(Cc4ccc(Br)cc4)n3)CC2=O)cc1. The van der Waals surface area contributed by atoms with Crippen molar-refractivity contribution >= 4 is 39.4 Å². The standard InChI is InChI=1S/C21H20BrN5O3/c1-30-18-8-6-17(7-9-18)27-12-15(10-19(27)28)20(29)24-21-23-13-26(25-21)11-14-2-4-16(22)5-3-14/h2-9,13,15H,10-12H2,1H3,(H,24,25,29). The van der Waals surface area contributed by atoms with Gasteiger partial charge in [-0.3, -0.25) is 14.9 Å². The van der Waals surface area contributed by atoms with Crippen LogP contribution in [0, 0.1) is 5.92 Å². The molecule has 8 nitrogen and oxygen atoms in total. The van der Waals surface area contributed by atoms with Gasteiger partial charge in [0.05, 0.1) is 19.6 Å². The number of ether oxygens (including phenoxy) is 1. The number of methoxy groups -OCH3 is 1. The maximum Gasteiger partial charge on any atom is 0.248 e. The highest BCUT2D eigenvalue weighted by molar-refractivity contribution is 9.10. The van der Waals surface area contributed by atoms with Gasteiger partial charge in [0.15, 0.2) is 0 Å². The molecule has 1 unspecified atom stereocenters. The lowest BCUT2D eigenvalue weighted by Gasteiger charge is -2.16. The van der Waals surface area contributed by atoms with Crippen molar-refractivity contribution in [3.8, 4) is 5.75 Å². The van der Waals surface area contributed by atoms with Crippen molar-refractivity contribution in [2.75, 3.05) is 23.9 Å². The van der Waals surface area contributed by atoms with Crippen LogP contribution in [0.2, 0.25) is 0 Å². The van der Waals surface area contributed by atoms with Crippen LogP contribution >= 0.6 is 15.9 Å². The van der Waals surface area contributed by atoms with Crippen LogP contribution in [0.4, 0.5) is 11.6 Å². The first kappa shape index (κ1) is 20.1. The van der Waals surface area contributed by atoms with Gasteiger partial charge in [0, 0.05) is 23.1 Å². The maximum atomic E-state index is 12.6. The molecule has 0 saturated carbocycles. The molecule has 4 rings (SSSR count). The van der Waals surface area contributed by atoms with E-state index in [9.17, 15) is 9.59 Å². The van der Waals surface area contributed by atoms with Crippen LogP contribution in [0.3, 0.4) is 0 Å². The summed E-state index contributed by atoms with van der Waals surface area (Å²) in [6.45, 7) is 0.861. The summed E-state index contributed by atoms with van der Waals surface area (Å²) in [6, 6.07) is 15.1. The molecule has 1 fully saturated rings. The number of hydrogen-bond donors (Lipinski definition) is 1. The molecule has 1 aliphatic heterocycles. The Bertz CT molecular complexity index is 1050. The number of aromatic nitrogens is 3. The van der Waals surface area contributed by atoms with E-state index in [0.29, 0.717) is 18.8 Å². The topological polar surface area (TPSA) is 89.3 Å². The van der Waals surface area contributed by atoms with Gasteiger partial charge in [-0.2, -0.15) is 0 Å². The lowest BCUT2D eigenvalue weighted by atomic mass is 10.1. The molecule has 1 aromatic heterocycles. The van der Waals surface area contributed by atoms with Gasteiger partial charge in [0.1, 0.15) is 12.1 Å². The fourth-order valence-corrected chi connectivity index (χ4v) is 3.58. The molecule has 1 N–H and O–H groups in total. The number of nitrogens with zero attached hydrogens (tertiary/aromatic N) is 4. The van der Waals surface area contributed by atoms with E-state index in [1.54, 1.807) is 35.2 Å². The molecule has 1 aliphatic rings. The van der Waals surface area contributed by atoms with Crippen LogP contribution in [-0.4, -0.2) is 40.2 Å². The molecule has 0 spiro atoms. The minimum Gasteiger partial charge on any atom is -0.497 e. The number of amides is 2. The number of rotatable bonds is 6. The van der Waals surface area contributed by atoms with Gasteiger partial charge in [0.25, 0.3) is 0 Å². The van der Waals surface area contributed by atoms with Crippen LogP contribution in [0.5, 0.6) is 5.75 Å². The molecule has 0 bridgehead atoms. The average molecular weight is 470 g/mol.